The van der Waals surface area contributed by atoms with Crippen LogP contribution in [0.15, 0.2) is 42.5 Å². The topological polar surface area (TPSA) is 29.3 Å². The number of nitrogens with two attached hydrogens (primary N) is 1. The Hall–Kier alpha value is -1.74. The first kappa shape index (κ1) is 13.7. The van der Waals surface area contributed by atoms with Crippen LogP contribution in [0.25, 0.3) is 0 Å². The molecule has 0 heterocycles. The van der Waals surface area contributed by atoms with Crippen LogP contribution in [0.1, 0.15) is 12.5 Å². The third-order valence-electron chi connectivity index (χ3n) is 3.03. The lowest BCUT2D eigenvalue weighted by Crippen LogP contribution is -2.23. The SMILES string of the molecule is CCN(Cc1cc(F)ccc1Cl)c1ccccc1N. The maximum atomic E-state index is 13.3. The van der Waals surface area contributed by atoms with E-state index in [-0.39, 0.29) is 5.82 Å². The average Bonchev–Trinajstić information content (AvgIpc) is 2.41. The monoisotopic (exact) mass is 278 g/mol. The normalized spacial score (nSPS) is 10.5. The van der Waals surface area contributed by atoms with Crippen molar-refractivity contribution in [2.45, 2.75) is 13.5 Å². The third kappa shape index (κ3) is 3.18. The molecule has 0 aromatic heterocycles. The molecule has 0 bridgehead atoms. The lowest BCUT2D eigenvalue weighted by atomic mass is 10.1. The van der Waals surface area contributed by atoms with Crippen LogP contribution in [0.4, 0.5) is 15.8 Å². The molecule has 2 nitrogen and oxygen atoms in total. The highest BCUT2D eigenvalue weighted by molar-refractivity contribution is 6.31. The van der Waals surface area contributed by atoms with Crippen molar-refractivity contribution < 1.29 is 4.39 Å². The number of benzene rings is 2. The molecule has 2 aromatic carbocycles. The van der Waals surface area contributed by atoms with Gasteiger partial charge in [0, 0.05) is 18.1 Å². The Morgan fingerprint density at radius 1 is 1.21 bits per heavy atom. The molecule has 2 N–H and O–H groups in total. The number of para-hydroxylation sites is 2. The minimum Gasteiger partial charge on any atom is -0.397 e. The van der Waals surface area contributed by atoms with Crippen molar-refractivity contribution in [3.63, 3.8) is 0 Å². The molecule has 0 amide bonds. The zero-order valence-electron chi connectivity index (χ0n) is 10.7. The molecule has 0 aliphatic carbocycles. The van der Waals surface area contributed by atoms with E-state index in [0.717, 1.165) is 17.8 Å². The fraction of sp³-hybridized carbons (Fsp3) is 0.200. The molecule has 2 aromatic rings. The van der Waals surface area contributed by atoms with E-state index in [0.29, 0.717) is 17.3 Å². The largest absolute Gasteiger partial charge is 0.397 e. The highest BCUT2D eigenvalue weighted by atomic mass is 35.5. The van der Waals surface area contributed by atoms with Gasteiger partial charge in [-0.15, -0.1) is 0 Å². The highest BCUT2D eigenvalue weighted by Gasteiger charge is 2.11. The maximum absolute atomic E-state index is 13.3. The molecule has 0 atom stereocenters. The van der Waals surface area contributed by atoms with Gasteiger partial charge in [-0.3, -0.25) is 0 Å². The number of anilines is 2. The molecule has 0 unspecified atom stereocenters. The standard InChI is InChI=1S/C15H16ClFN2/c1-2-19(15-6-4-3-5-14(15)18)10-11-9-12(17)7-8-13(11)16/h3-9H,2,10,18H2,1H3. The second-order valence-electron chi connectivity index (χ2n) is 4.31. The fourth-order valence-electron chi connectivity index (χ4n) is 2.01. The van der Waals surface area contributed by atoms with Crippen LogP contribution in [0, 0.1) is 5.82 Å². The lowest BCUT2D eigenvalue weighted by Gasteiger charge is -2.25. The van der Waals surface area contributed by atoms with E-state index in [1.165, 1.54) is 12.1 Å². The van der Waals surface area contributed by atoms with E-state index in [9.17, 15) is 4.39 Å². The Kier molecular flexibility index (Phi) is 4.27. The van der Waals surface area contributed by atoms with Crippen molar-refractivity contribution in [2.24, 2.45) is 0 Å². The van der Waals surface area contributed by atoms with Gasteiger partial charge in [0.25, 0.3) is 0 Å². The van der Waals surface area contributed by atoms with Gasteiger partial charge in [0.15, 0.2) is 0 Å². The summed E-state index contributed by atoms with van der Waals surface area (Å²) in [4.78, 5) is 2.07. The molecule has 0 aliphatic heterocycles. The van der Waals surface area contributed by atoms with Gasteiger partial charge in [0.2, 0.25) is 0 Å². The summed E-state index contributed by atoms with van der Waals surface area (Å²) < 4.78 is 13.3. The molecule has 19 heavy (non-hydrogen) atoms. The molecule has 0 spiro atoms. The molecule has 100 valence electrons. The first-order valence-corrected chi connectivity index (χ1v) is 6.53. The Morgan fingerprint density at radius 2 is 1.95 bits per heavy atom. The van der Waals surface area contributed by atoms with Gasteiger partial charge in [-0.1, -0.05) is 23.7 Å². The van der Waals surface area contributed by atoms with E-state index < -0.39 is 0 Å². The predicted molar refractivity (Wildman–Crippen MR) is 79.0 cm³/mol. The van der Waals surface area contributed by atoms with Crippen LogP contribution in [0.3, 0.4) is 0 Å². The Bertz CT molecular complexity index is 572. The van der Waals surface area contributed by atoms with E-state index >= 15 is 0 Å². The first-order chi connectivity index (χ1) is 9.11. The van der Waals surface area contributed by atoms with E-state index in [2.05, 4.69) is 4.90 Å². The zero-order chi connectivity index (χ0) is 13.8. The third-order valence-corrected chi connectivity index (χ3v) is 3.40. The summed E-state index contributed by atoms with van der Waals surface area (Å²) in [5.41, 5.74) is 8.37. The summed E-state index contributed by atoms with van der Waals surface area (Å²) in [7, 11) is 0. The molecular formula is C15H16ClFN2. The number of nitrogen functional groups attached to an aromatic ring is 1. The molecule has 0 saturated carbocycles. The van der Waals surface area contributed by atoms with Crippen molar-refractivity contribution in [3.8, 4) is 0 Å². The van der Waals surface area contributed by atoms with Gasteiger partial charge < -0.3 is 10.6 Å². The molecular weight excluding hydrogens is 263 g/mol. The minimum atomic E-state index is -0.281. The summed E-state index contributed by atoms with van der Waals surface area (Å²) in [6.07, 6.45) is 0. The van der Waals surface area contributed by atoms with Gasteiger partial charge in [-0.05, 0) is 42.8 Å². The zero-order valence-corrected chi connectivity index (χ0v) is 11.5. The second kappa shape index (κ2) is 5.93. The van der Waals surface area contributed by atoms with E-state index in [4.69, 9.17) is 17.3 Å². The average molecular weight is 279 g/mol. The predicted octanol–water partition coefficient (Wildman–Crippen LogP) is 4.09. The summed E-state index contributed by atoms with van der Waals surface area (Å²) in [6, 6.07) is 12.0. The van der Waals surface area contributed by atoms with Gasteiger partial charge in [-0.25, -0.2) is 4.39 Å². The van der Waals surface area contributed by atoms with Gasteiger partial charge >= 0.3 is 0 Å². The molecule has 2 rings (SSSR count). The number of hydrogen-bond donors (Lipinski definition) is 1. The first-order valence-electron chi connectivity index (χ1n) is 6.15. The highest BCUT2D eigenvalue weighted by Crippen LogP contribution is 2.26. The van der Waals surface area contributed by atoms with Crippen LogP contribution in [0.2, 0.25) is 5.02 Å². The fourth-order valence-corrected chi connectivity index (χ4v) is 2.19. The lowest BCUT2D eigenvalue weighted by molar-refractivity contribution is 0.624. The van der Waals surface area contributed by atoms with Crippen molar-refractivity contribution in [2.75, 3.05) is 17.2 Å². The van der Waals surface area contributed by atoms with E-state index in [1.807, 2.05) is 31.2 Å². The van der Waals surface area contributed by atoms with E-state index in [1.54, 1.807) is 6.07 Å². The number of rotatable bonds is 4. The quantitative estimate of drug-likeness (QED) is 0.854. The van der Waals surface area contributed by atoms with Crippen molar-refractivity contribution in [3.05, 3.63) is 58.9 Å². The Balaban J connectivity index is 2.29. The summed E-state index contributed by atoms with van der Waals surface area (Å²) in [6.45, 7) is 3.32. The van der Waals surface area contributed by atoms with Gasteiger partial charge in [0.1, 0.15) is 5.82 Å². The molecule has 0 saturated heterocycles. The number of halogens is 2. The van der Waals surface area contributed by atoms with Crippen molar-refractivity contribution in [1.29, 1.82) is 0 Å². The van der Waals surface area contributed by atoms with Gasteiger partial charge in [0.05, 0.1) is 11.4 Å². The van der Waals surface area contributed by atoms with Crippen LogP contribution in [0.5, 0.6) is 0 Å². The van der Waals surface area contributed by atoms with Crippen molar-refractivity contribution in [1.82, 2.24) is 0 Å². The Morgan fingerprint density at radius 3 is 2.63 bits per heavy atom. The van der Waals surface area contributed by atoms with Crippen LogP contribution >= 0.6 is 11.6 Å². The molecule has 4 heteroatoms. The molecule has 0 fully saturated rings. The maximum Gasteiger partial charge on any atom is 0.123 e. The number of nitrogens with zero attached hydrogens (tertiary/aromatic N) is 1. The van der Waals surface area contributed by atoms with Crippen LogP contribution < -0.4 is 10.6 Å². The smallest absolute Gasteiger partial charge is 0.123 e. The minimum absolute atomic E-state index is 0.281. The molecule has 0 aliphatic rings. The molecule has 0 radical (unpaired) electrons. The number of hydrogen-bond acceptors (Lipinski definition) is 2. The second-order valence-corrected chi connectivity index (χ2v) is 4.72. The van der Waals surface area contributed by atoms with Crippen LogP contribution in [-0.2, 0) is 6.54 Å². The summed E-state index contributed by atoms with van der Waals surface area (Å²) >= 11 is 6.10. The Labute approximate surface area is 117 Å². The van der Waals surface area contributed by atoms with Crippen LogP contribution in [-0.4, -0.2) is 6.54 Å². The van der Waals surface area contributed by atoms with Crippen molar-refractivity contribution >= 4 is 23.0 Å². The summed E-state index contributed by atoms with van der Waals surface area (Å²) in [5.74, 6) is -0.281. The summed E-state index contributed by atoms with van der Waals surface area (Å²) in [5, 5.41) is 0.564. The van der Waals surface area contributed by atoms with Gasteiger partial charge in [-0.2, -0.15) is 0 Å².